The number of carbonyl (C=O) groups excluding carboxylic acids is 1. The molecule has 0 spiro atoms. The number of carbonyl (C=O) groups is 1. The fourth-order valence-electron chi connectivity index (χ4n) is 2.74. The summed E-state index contributed by atoms with van der Waals surface area (Å²) in [6.45, 7) is 0. The second kappa shape index (κ2) is 8.70. The number of amides is 1. The van der Waals surface area contributed by atoms with E-state index in [1.165, 1.54) is 17.4 Å². The molecule has 0 unspecified atom stereocenters. The van der Waals surface area contributed by atoms with Gasteiger partial charge in [-0.15, -0.1) is 0 Å². The predicted octanol–water partition coefficient (Wildman–Crippen LogP) is 7.18. The van der Waals surface area contributed by atoms with E-state index in [2.05, 4.69) is 10.3 Å². The molecule has 2 heterocycles. The summed E-state index contributed by atoms with van der Waals surface area (Å²) in [5.41, 5.74) is 1.43. The summed E-state index contributed by atoms with van der Waals surface area (Å²) in [6.07, 6.45) is 2.94. The van der Waals surface area contributed by atoms with E-state index in [1.54, 1.807) is 55.7 Å². The Hall–Kier alpha value is -2.51. The molecule has 30 heavy (non-hydrogen) atoms. The van der Waals surface area contributed by atoms with Crippen LogP contribution in [0, 0.1) is 0 Å². The fraction of sp³-hybridized carbons (Fsp3) is 0.0476. The summed E-state index contributed by atoms with van der Waals surface area (Å²) in [4.78, 5) is 16.6. The van der Waals surface area contributed by atoms with Gasteiger partial charge in [0, 0.05) is 27.8 Å². The predicted molar refractivity (Wildman–Crippen MR) is 123 cm³/mol. The molecule has 0 aliphatic heterocycles. The molecule has 0 saturated heterocycles. The van der Waals surface area contributed by atoms with Crippen molar-refractivity contribution in [2.24, 2.45) is 0 Å². The van der Waals surface area contributed by atoms with E-state index < -0.39 is 0 Å². The Bertz CT molecular complexity index is 1260. The molecule has 0 bridgehead atoms. The first-order valence-electron chi connectivity index (χ1n) is 8.61. The molecule has 0 fully saturated rings. The van der Waals surface area contributed by atoms with Crippen molar-refractivity contribution in [1.29, 1.82) is 0 Å². The number of aromatic nitrogens is 1. The van der Waals surface area contributed by atoms with Crippen LogP contribution in [0.3, 0.4) is 0 Å². The number of rotatable bonds is 5. The number of nitrogens with one attached hydrogen (secondary N) is 1. The number of nitrogens with zero attached hydrogens (tertiary/aromatic N) is 1. The topological polar surface area (TPSA) is 64.4 Å². The molecular formula is C21H13Cl3N2O3S. The maximum absolute atomic E-state index is 12.3. The van der Waals surface area contributed by atoms with E-state index in [1.807, 2.05) is 0 Å². The van der Waals surface area contributed by atoms with Gasteiger partial charge in [-0.25, -0.2) is 4.98 Å². The number of furan rings is 1. The van der Waals surface area contributed by atoms with Crippen LogP contribution in [0.1, 0.15) is 5.76 Å². The van der Waals surface area contributed by atoms with Crippen molar-refractivity contribution in [3.8, 4) is 17.1 Å². The molecule has 0 aliphatic rings. The molecule has 2 aromatic carbocycles. The third kappa shape index (κ3) is 4.63. The number of methoxy groups -OCH3 is 1. The molecule has 0 radical (unpaired) electrons. The van der Waals surface area contributed by atoms with Crippen molar-refractivity contribution >= 4 is 73.5 Å². The van der Waals surface area contributed by atoms with Gasteiger partial charge in [-0.05, 0) is 42.5 Å². The molecule has 0 atom stereocenters. The van der Waals surface area contributed by atoms with Crippen molar-refractivity contribution in [3.05, 3.63) is 69.4 Å². The molecule has 0 saturated carbocycles. The number of hydrogen-bond acceptors (Lipinski definition) is 5. The highest BCUT2D eigenvalue weighted by atomic mass is 35.5. The van der Waals surface area contributed by atoms with Gasteiger partial charge in [0.15, 0.2) is 5.13 Å². The van der Waals surface area contributed by atoms with Gasteiger partial charge in [-0.1, -0.05) is 46.1 Å². The van der Waals surface area contributed by atoms with E-state index in [4.69, 9.17) is 44.0 Å². The van der Waals surface area contributed by atoms with Gasteiger partial charge in [0.25, 0.3) is 0 Å². The van der Waals surface area contributed by atoms with Crippen LogP contribution in [0.5, 0.6) is 5.75 Å². The van der Waals surface area contributed by atoms with E-state index in [-0.39, 0.29) is 5.91 Å². The van der Waals surface area contributed by atoms with Gasteiger partial charge in [0.05, 0.1) is 22.3 Å². The minimum absolute atomic E-state index is 0.337. The Morgan fingerprint density at radius 2 is 1.90 bits per heavy atom. The quantitative estimate of drug-likeness (QED) is 0.308. The summed E-state index contributed by atoms with van der Waals surface area (Å²) in [7, 11) is 1.54. The highest BCUT2D eigenvalue weighted by Crippen LogP contribution is 2.34. The largest absolute Gasteiger partial charge is 0.495 e. The van der Waals surface area contributed by atoms with Crippen molar-refractivity contribution in [2.75, 3.05) is 12.4 Å². The molecule has 9 heteroatoms. The molecular weight excluding hydrogens is 467 g/mol. The van der Waals surface area contributed by atoms with E-state index in [9.17, 15) is 4.79 Å². The first-order chi connectivity index (χ1) is 14.4. The van der Waals surface area contributed by atoms with Gasteiger partial charge in [-0.2, -0.15) is 0 Å². The Balaban J connectivity index is 1.46. The van der Waals surface area contributed by atoms with Gasteiger partial charge in [0.1, 0.15) is 17.3 Å². The van der Waals surface area contributed by atoms with Crippen molar-refractivity contribution in [3.63, 3.8) is 0 Å². The van der Waals surface area contributed by atoms with Crippen LogP contribution in [-0.4, -0.2) is 18.0 Å². The maximum atomic E-state index is 12.3. The summed E-state index contributed by atoms with van der Waals surface area (Å²) in [6, 6.07) is 12.2. The Morgan fingerprint density at radius 1 is 1.13 bits per heavy atom. The maximum Gasteiger partial charge on any atom is 0.250 e. The molecule has 4 rings (SSSR count). The lowest BCUT2D eigenvalue weighted by Gasteiger charge is -2.00. The van der Waals surface area contributed by atoms with Crippen LogP contribution in [0.4, 0.5) is 5.13 Å². The standard InChI is InChI=1S/C21H13Cl3N2O3S/c1-28-18-10-19-16(9-15(18)24)25-21(30-19)26-20(27)5-3-14-2-4-17(29-14)11-6-12(22)8-13(23)7-11/h2-10H,1H3,(H,25,26,27)/b5-3+. The average molecular weight is 480 g/mol. The summed E-state index contributed by atoms with van der Waals surface area (Å²) in [5.74, 6) is 1.32. The first kappa shape index (κ1) is 20.8. The van der Waals surface area contributed by atoms with Crippen molar-refractivity contribution in [1.82, 2.24) is 4.98 Å². The third-order valence-electron chi connectivity index (χ3n) is 4.06. The number of fused-ring (bicyclic) bond motifs is 1. The second-order valence-electron chi connectivity index (χ2n) is 6.16. The van der Waals surface area contributed by atoms with E-state index in [0.717, 1.165) is 10.3 Å². The minimum Gasteiger partial charge on any atom is -0.495 e. The normalized spacial score (nSPS) is 11.3. The second-order valence-corrected chi connectivity index (χ2v) is 8.47. The zero-order valence-electron chi connectivity index (χ0n) is 15.4. The van der Waals surface area contributed by atoms with Gasteiger partial charge in [-0.3, -0.25) is 10.1 Å². The summed E-state index contributed by atoms with van der Waals surface area (Å²) in [5, 5.41) is 4.68. The monoisotopic (exact) mass is 478 g/mol. The van der Waals surface area contributed by atoms with Gasteiger partial charge >= 0.3 is 0 Å². The number of ether oxygens (including phenoxy) is 1. The lowest BCUT2D eigenvalue weighted by Crippen LogP contribution is -2.07. The lowest BCUT2D eigenvalue weighted by molar-refractivity contribution is -0.111. The van der Waals surface area contributed by atoms with Gasteiger partial charge < -0.3 is 9.15 Å². The highest BCUT2D eigenvalue weighted by Gasteiger charge is 2.11. The Kier molecular flexibility index (Phi) is 6.01. The number of thiazole rings is 1. The Labute approximate surface area is 190 Å². The summed E-state index contributed by atoms with van der Waals surface area (Å²) < 4.78 is 11.8. The molecule has 1 N–H and O–H groups in total. The van der Waals surface area contributed by atoms with Crippen LogP contribution < -0.4 is 10.1 Å². The third-order valence-corrected chi connectivity index (χ3v) is 5.73. The first-order valence-corrected chi connectivity index (χ1v) is 10.6. The molecule has 5 nitrogen and oxygen atoms in total. The van der Waals surface area contributed by atoms with E-state index in [0.29, 0.717) is 43.0 Å². The number of halogens is 3. The zero-order chi connectivity index (χ0) is 21.3. The van der Waals surface area contributed by atoms with Gasteiger partial charge in [0.2, 0.25) is 5.91 Å². The molecule has 152 valence electrons. The summed E-state index contributed by atoms with van der Waals surface area (Å²) >= 11 is 19.5. The van der Waals surface area contributed by atoms with Crippen molar-refractivity contribution in [2.45, 2.75) is 0 Å². The highest BCUT2D eigenvalue weighted by molar-refractivity contribution is 7.22. The SMILES string of the molecule is COc1cc2sc(NC(=O)/C=C/c3ccc(-c4cc(Cl)cc(Cl)c4)o3)nc2cc1Cl. The van der Waals surface area contributed by atoms with Crippen LogP contribution in [-0.2, 0) is 4.79 Å². The zero-order valence-corrected chi connectivity index (χ0v) is 18.5. The molecule has 2 aromatic heterocycles. The van der Waals surface area contributed by atoms with Crippen molar-refractivity contribution < 1.29 is 13.9 Å². The van der Waals surface area contributed by atoms with Crippen LogP contribution in [0.25, 0.3) is 27.6 Å². The van der Waals surface area contributed by atoms with Crippen LogP contribution in [0.15, 0.2) is 53.0 Å². The number of benzene rings is 2. The fourth-order valence-corrected chi connectivity index (χ4v) is 4.38. The van der Waals surface area contributed by atoms with Crippen LogP contribution in [0.2, 0.25) is 15.1 Å². The smallest absolute Gasteiger partial charge is 0.250 e. The molecule has 1 amide bonds. The van der Waals surface area contributed by atoms with Crippen LogP contribution >= 0.6 is 46.1 Å². The number of hydrogen-bond donors (Lipinski definition) is 1. The number of anilines is 1. The van der Waals surface area contributed by atoms with E-state index >= 15 is 0 Å². The lowest BCUT2D eigenvalue weighted by atomic mass is 10.2. The Morgan fingerprint density at radius 3 is 2.63 bits per heavy atom. The average Bonchev–Trinajstić information content (AvgIpc) is 3.31. The molecule has 4 aromatic rings. The minimum atomic E-state index is -0.337. The molecule has 0 aliphatic carbocycles.